The predicted molar refractivity (Wildman–Crippen MR) is 72.4 cm³/mol. The number of aromatic carboxylic acids is 1. The third-order valence-corrected chi connectivity index (χ3v) is 3.59. The molecule has 1 aromatic heterocycles. The first kappa shape index (κ1) is 14.1. The average molecular weight is 266 g/mol. The van der Waals surface area contributed by atoms with Crippen molar-refractivity contribution in [1.82, 2.24) is 10.2 Å². The second-order valence-corrected chi connectivity index (χ2v) is 5.03. The Morgan fingerprint density at radius 2 is 2.32 bits per heavy atom. The van der Waals surface area contributed by atoms with Gasteiger partial charge >= 0.3 is 5.97 Å². The van der Waals surface area contributed by atoms with E-state index in [9.17, 15) is 4.79 Å². The number of rotatable bonds is 8. The van der Waals surface area contributed by atoms with Crippen molar-refractivity contribution in [2.75, 3.05) is 19.6 Å². The summed E-state index contributed by atoms with van der Waals surface area (Å²) in [6.45, 7) is 7.70. The van der Waals surface area contributed by atoms with Crippen molar-refractivity contribution in [1.29, 1.82) is 0 Å². The Hall–Kier alpha value is -1.33. The van der Waals surface area contributed by atoms with Gasteiger partial charge in [0.05, 0.1) is 0 Å². The average Bonchev–Trinajstić information content (AvgIpc) is 3.14. The highest BCUT2D eigenvalue weighted by Crippen LogP contribution is 2.25. The summed E-state index contributed by atoms with van der Waals surface area (Å²) in [6.07, 6.45) is 2.66. The molecule has 1 aliphatic carbocycles. The normalized spacial score (nSPS) is 15.1. The van der Waals surface area contributed by atoms with Crippen LogP contribution in [-0.2, 0) is 6.54 Å². The van der Waals surface area contributed by atoms with Gasteiger partial charge in [0.25, 0.3) is 0 Å². The fraction of sp³-hybridized carbons (Fsp3) is 0.643. The van der Waals surface area contributed by atoms with Crippen LogP contribution in [0.2, 0.25) is 0 Å². The largest absolute Gasteiger partial charge is 0.475 e. The number of nitrogens with one attached hydrogen (secondary N) is 1. The van der Waals surface area contributed by atoms with Crippen LogP contribution in [0.4, 0.5) is 0 Å². The van der Waals surface area contributed by atoms with E-state index in [-0.39, 0.29) is 5.76 Å². The lowest BCUT2D eigenvalue weighted by molar-refractivity contribution is 0.0661. The third kappa shape index (κ3) is 3.81. The Bertz CT molecular complexity index is 438. The van der Waals surface area contributed by atoms with E-state index in [4.69, 9.17) is 9.52 Å². The molecule has 1 fully saturated rings. The molecule has 0 bridgehead atoms. The number of carboxylic acid groups (broad SMARTS) is 1. The van der Waals surface area contributed by atoms with Crippen LogP contribution in [0.3, 0.4) is 0 Å². The first-order valence-corrected chi connectivity index (χ1v) is 6.89. The standard InChI is InChI=1S/C14H22N2O3/c1-3-16(12-4-5-12)7-6-15-9-11-8-13(14(17)18)19-10(11)2/h8,12,15H,3-7,9H2,1-2H3,(H,17,18). The Kier molecular flexibility index (Phi) is 4.61. The minimum Gasteiger partial charge on any atom is -0.475 e. The van der Waals surface area contributed by atoms with Gasteiger partial charge in [-0.25, -0.2) is 4.79 Å². The summed E-state index contributed by atoms with van der Waals surface area (Å²) >= 11 is 0. The first-order valence-electron chi connectivity index (χ1n) is 6.89. The Morgan fingerprint density at radius 3 is 2.84 bits per heavy atom. The maximum Gasteiger partial charge on any atom is 0.371 e. The zero-order valence-corrected chi connectivity index (χ0v) is 11.6. The molecule has 0 unspecified atom stereocenters. The summed E-state index contributed by atoms with van der Waals surface area (Å²) in [5.74, 6) is -0.317. The Morgan fingerprint density at radius 1 is 1.58 bits per heavy atom. The number of hydrogen-bond donors (Lipinski definition) is 2. The lowest BCUT2D eigenvalue weighted by Gasteiger charge is -2.19. The Balaban J connectivity index is 1.74. The van der Waals surface area contributed by atoms with Gasteiger partial charge in [-0.3, -0.25) is 4.90 Å². The van der Waals surface area contributed by atoms with Gasteiger partial charge < -0.3 is 14.8 Å². The molecular formula is C14H22N2O3. The van der Waals surface area contributed by atoms with Crippen LogP contribution in [0.15, 0.2) is 10.5 Å². The molecule has 5 heteroatoms. The molecule has 0 aromatic carbocycles. The molecule has 1 saturated carbocycles. The summed E-state index contributed by atoms with van der Waals surface area (Å²) in [7, 11) is 0. The molecule has 1 heterocycles. The van der Waals surface area contributed by atoms with Gasteiger partial charge in [-0.15, -0.1) is 0 Å². The van der Waals surface area contributed by atoms with Gasteiger partial charge in [0, 0.05) is 31.2 Å². The van der Waals surface area contributed by atoms with Gasteiger partial charge in [-0.1, -0.05) is 6.92 Å². The van der Waals surface area contributed by atoms with Crippen molar-refractivity contribution in [2.24, 2.45) is 0 Å². The van der Waals surface area contributed by atoms with Crippen LogP contribution in [0.5, 0.6) is 0 Å². The van der Waals surface area contributed by atoms with E-state index in [2.05, 4.69) is 17.1 Å². The predicted octanol–water partition coefficient (Wildman–Crippen LogP) is 1.86. The molecule has 0 spiro atoms. The lowest BCUT2D eigenvalue weighted by atomic mass is 10.2. The minimum absolute atomic E-state index is 0.0162. The van der Waals surface area contributed by atoms with Crippen LogP contribution in [0.1, 0.15) is 41.6 Å². The second-order valence-electron chi connectivity index (χ2n) is 5.03. The van der Waals surface area contributed by atoms with Crippen LogP contribution >= 0.6 is 0 Å². The number of nitrogens with zero attached hydrogens (tertiary/aromatic N) is 1. The molecule has 0 atom stereocenters. The zero-order valence-electron chi connectivity index (χ0n) is 11.6. The van der Waals surface area contributed by atoms with Crippen molar-refractivity contribution in [3.8, 4) is 0 Å². The van der Waals surface area contributed by atoms with Crippen LogP contribution in [0, 0.1) is 6.92 Å². The highest BCUT2D eigenvalue weighted by Gasteiger charge is 2.27. The summed E-state index contributed by atoms with van der Waals surface area (Å²) in [5, 5.41) is 12.2. The van der Waals surface area contributed by atoms with E-state index in [0.29, 0.717) is 12.3 Å². The third-order valence-electron chi connectivity index (χ3n) is 3.59. The quantitative estimate of drug-likeness (QED) is 0.703. The fourth-order valence-electron chi connectivity index (χ4n) is 2.29. The first-order chi connectivity index (χ1) is 9.11. The smallest absolute Gasteiger partial charge is 0.371 e. The molecule has 19 heavy (non-hydrogen) atoms. The van der Waals surface area contributed by atoms with Gasteiger partial charge in [0.15, 0.2) is 0 Å². The molecule has 1 aromatic rings. The van der Waals surface area contributed by atoms with Crippen LogP contribution < -0.4 is 5.32 Å². The summed E-state index contributed by atoms with van der Waals surface area (Å²) in [4.78, 5) is 13.3. The number of aryl methyl sites for hydroxylation is 1. The van der Waals surface area contributed by atoms with Gasteiger partial charge in [-0.05, 0) is 32.4 Å². The molecule has 0 saturated heterocycles. The van der Waals surface area contributed by atoms with Gasteiger partial charge in [0.2, 0.25) is 5.76 Å². The van der Waals surface area contributed by atoms with Gasteiger partial charge in [0.1, 0.15) is 5.76 Å². The van der Waals surface area contributed by atoms with Crippen molar-refractivity contribution in [3.05, 3.63) is 23.2 Å². The highest BCUT2D eigenvalue weighted by molar-refractivity contribution is 5.84. The second kappa shape index (κ2) is 6.21. The molecule has 2 N–H and O–H groups in total. The van der Waals surface area contributed by atoms with Crippen molar-refractivity contribution in [3.63, 3.8) is 0 Å². The zero-order chi connectivity index (χ0) is 13.8. The van der Waals surface area contributed by atoms with E-state index >= 15 is 0 Å². The number of carbonyl (C=O) groups is 1. The van der Waals surface area contributed by atoms with Crippen LogP contribution in [-0.4, -0.2) is 41.7 Å². The van der Waals surface area contributed by atoms with E-state index in [1.54, 1.807) is 13.0 Å². The SMILES string of the molecule is CCN(CCNCc1cc(C(=O)O)oc1C)C1CC1. The molecule has 5 nitrogen and oxygen atoms in total. The number of carboxylic acids is 1. The van der Waals surface area contributed by atoms with Crippen molar-refractivity contribution < 1.29 is 14.3 Å². The highest BCUT2D eigenvalue weighted by atomic mass is 16.4. The van der Waals surface area contributed by atoms with Gasteiger partial charge in [-0.2, -0.15) is 0 Å². The van der Waals surface area contributed by atoms with Crippen LogP contribution in [0.25, 0.3) is 0 Å². The summed E-state index contributed by atoms with van der Waals surface area (Å²) in [6, 6.07) is 2.39. The Labute approximate surface area is 113 Å². The molecule has 2 rings (SSSR count). The lowest BCUT2D eigenvalue weighted by Crippen LogP contribution is -2.33. The molecule has 0 aliphatic heterocycles. The minimum atomic E-state index is -1.01. The maximum atomic E-state index is 10.8. The number of hydrogen-bond acceptors (Lipinski definition) is 4. The molecule has 0 radical (unpaired) electrons. The number of likely N-dealkylation sites (N-methyl/N-ethyl adjacent to an activating group) is 1. The molecule has 106 valence electrons. The van der Waals surface area contributed by atoms with Crippen molar-refractivity contribution in [2.45, 2.75) is 39.3 Å². The van der Waals surface area contributed by atoms with E-state index in [0.717, 1.165) is 31.2 Å². The monoisotopic (exact) mass is 266 g/mol. The molecule has 1 aliphatic rings. The molecule has 0 amide bonds. The van der Waals surface area contributed by atoms with E-state index in [1.807, 2.05) is 0 Å². The van der Waals surface area contributed by atoms with E-state index < -0.39 is 5.97 Å². The summed E-state index contributed by atoms with van der Waals surface area (Å²) < 4.78 is 5.17. The van der Waals surface area contributed by atoms with Crippen molar-refractivity contribution >= 4 is 5.97 Å². The topological polar surface area (TPSA) is 65.7 Å². The maximum absolute atomic E-state index is 10.8. The fourth-order valence-corrected chi connectivity index (χ4v) is 2.29. The summed E-state index contributed by atoms with van der Waals surface area (Å²) in [5.41, 5.74) is 0.923. The molecular weight excluding hydrogens is 244 g/mol. The van der Waals surface area contributed by atoms with E-state index in [1.165, 1.54) is 12.8 Å². The number of furan rings is 1.